The topological polar surface area (TPSA) is 18.5 Å². The van der Waals surface area contributed by atoms with Crippen LogP contribution in [-0.2, 0) is 0 Å². The summed E-state index contributed by atoms with van der Waals surface area (Å²) in [7, 11) is 0. The van der Waals surface area contributed by atoms with Crippen LogP contribution < -0.4 is 10.2 Å². The molecule has 2 aliphatic rings. The number of rotatable bonds is 3. The van der Waals surface area contributed by atoms with E-state index in [0.717, 1.165) is 31.2 Å². The number of benzene rings is 1. The van der Waals surface area contributed by atoms with Gasteiger partial charge < -0.3 is 10.2 Å². The van der Waals surface area contributed by atoms with Crippen LogP contribution in [0.25, 0.3) is 0 Å². The highest BCUT2D eigenvalue weighted by molar-refractivity contribution is 6.30. The van der Waals surface area contributed by atoms with Crippen LogP contribution in [0.5, 0.6) is 0 Å². The molecule has 110 valence electrons. The fourth-order valence-corrected chi connectivity index (χ4v) is 3.57. The smallest absolute Gasteiger partial charge is 0.0426 e. The SMILES string of the molecule is CC1(CN2CCN(c3cccc(Cl)c3)CC2)CCNC1. The Bertz CT molecular complexity index is 449. The van der Waals surface area contributed by atoms with Gasteiger partial charge in [-0.15, -0.1) is 0 Å². The predicted octanol–water partition coefficient (Wildman–Crippen LogP) is 2.46. The maximum absolute atomic E-state index is 6.08. The van der Waals surface area contributed by atoms with Crippen LogP contribution in [-0.4, -0.2) is 50.7 Å². The summed E-state index contributed by atoms with van der Waals surface area (Å²) >= 11 is 6.08. The molecule has 20 heavy (non-hydrogen) atoms. The van der Waals surface area contributed by atoms with E-state index in [1.165, 1.54) is 31.7 Å². The van der Waals surface area contributed by atoms with Crippen LogP contribution in [0.2, 0.25) is 5.02 Å². The van der Waals surface area contributed by atoms with Gasteiger partial charge in [-0.3, -0.25) is 4.90 Å². The Balaban J connectivity index is 1.54. The molecule has 1 unspecified atom stereocenters. The molecule has 2 heterocycles. The summed E-state index contributed by atoms with van der Waals surface area (Å²) < 4.78 is 0. The molecule has 1 aromatic rings. The second-order valence-corrected chi connectivity index (χ2v) is 6.92. The summed E-state index contributed by atoms with van der Waals surface area (Å²) in [5.74, 6) is 0. The molecule has 2 saturated heterocycles. The predicted molar refractivity (Wildman–Crippen MR) is 85.7 cm³/mol. The summed E-state index contributed by atoms with van der Waals surface area (Å²) in [4.78, 5) is 5.06. The number of hydrogen-bond donors (Lipinski definition) is 1. The van der Waals surface area contributed by atoms with Gasteiger partial charge in [0.05, 0.1) is 0 Å². The summed E-state index contributed by atoms with van der Waals surface area (Å²) in [6.07, 6.45) is 1.31. The van der Waals surface area contributed by atoms with E-state index in [1.54, 1.807) is 0 Å². The highest BCUT2D eigenvalue weighted by atomic mass is 35.5. The van der Waals surface area contributed by atoms with E-state index in [-0.39, 0.29) is 0 Å². The lowest BCUT2D eigenvalue weighted by Crippen LogP contribution is -2.49. The first-order valence-corrected chi connectivity index (χ1v) is 7.96. The largest absolute Gasteiger partial charge is 0.369 e. The lowest BCUT2D eigenvalue weighted by atomic mass is 9.89. The zero-order valence-electron chi connectivity index (χ0n) is 12.2. The monoisotopic (exact) mass is 293 g/mol. The van der Waals surface area contributed by atoms with Crippen molar-refractivity contribution in [1.82, 2.24) is 10.2 Å². The zero-order chi connectivity index (χ0) is 14.0. The van der Waals surface area contributed by atoms with Crippen LogP contribution in [0, 0.1) is 5.41 Å². The molecule has 0 spiro atoms. The van der Waals surface area contributed by atoms with Crippen LogP contribution >= 0.6 is 11.6 Å². The first kappa shape index (κ1) is 14.2. The van der Waals surface area contributed by atoms with E-state index >= 15 is 0 Å². The van der Waals surface area contributed by atoms with Gasteiger partial charge in [-0.05, 0) is 36.6 Å². The zero-order valence-corrected chi connectivity index (χ0v) is 13.0. The maximum atomic E-state index is 6.08. The molecule has 1 N–H and O–H groups in total. The van der Waals surface area contributed by atoms with Crippen molar-refractivity contribution in [2.24, 2.45) is 5.41 Å². The van der Waals surface area contributed by atoms with Gasteiger partial charge in [0, 0.05) is 50.0 Å². The van der Waals surface area contributed by atoms with E-state index in [1.807, 2.05) is 12.1 Å². The van der Waals surface area contributed by atoms with Gasteiger partial charge in [0.1, 0.15) is 0 Å². The molecular weight excluding hydrogens is 270 g/mol. The third kappa shape index (κ3) is 3.27. The number of piperazine rings is 1. The quantitative estimate of drug-likeness (QED) is 0.924. The molecule has 0 aliphatic carbocycles. The normalized spacial score (nSPS) is 28.0. The summed E-state index contributed by atoms with van der Waals surface area (Å²) in [6, 6.07) is 8.20. The number of nitrogens with zero attached hydrogens (tertiary/aromatic N) is 2. The van der Waals surface area contributed by atoms with Gasteiger partial charge >= 0.3 is 0 Å². The standard InChI is InChI=1S/C16H24ClN3/c1-16(5-6-18-12-16)13-19-7-9-20(10-8-19)15-4-2-3-14(17)11-15/h2-4,11,18H,5-10,12-13H2,1H3. The molecule has 2 aliphatic heterocycles. The second-order valence-electron chi connectivity index (χ2n) is 6.48. The van der Waals surface area contributed by atoms with E-state index in [9.17, 15) is 0 Å². The molecule has 3 rings (SSSR count). The molecule has 1 atom stereocenters. The summed E-state index contributed by atoms with van der Waals surface area (Å²) in [5, 5.41) is 4.32. The van der Waals surface area contributed by atoms with Gasteiger partial charge in [-0.25, -0.2) is 0 Å². The fourth-order valence-electron chi connectivity index (χ4n) is 3.38. The Kier molecular flexibility index (Phi) is 4.20. The Morgan fingerprint density at radius 2 is 2.05 bits per heavy atom. The Labute approximate surface area is 126 Å². The summed E-state index contributed by atoms with van der Waals surface area (Å²) in [5.41, 5.74) is 1.73. The molecule has 0 bridgehead atoms. The Hall–Kier alpha value is -0.770. The van der Waals surface area contributed by atoms with Crippen molar-refractivity contribution in [2.45, 2.75) is 13.3 Å². The van der Waals surface area contributed by atoms with Gasteiger partial charge in [-0.2, -0.15) is 0 Å². The first-order valence-electron chi connectivity index (χ1n) is 7.58. The van der Waals surface area contributed by atoms with E-state index in [0.29, 0.717) is 5.41 Å². The number of halogens is 1. The molecule has 0 aromatic heterocycles. The lowest BCUT2D eigenvalue weighted by Gasteiger charge is -2.39. The van der Waals surface area contributed by atoms with E-state index in [4.69, 9.17) is 11.6 Å². The van der Waals surface area contributed by atoms with Crippen molar-refractivity contribution in [3.05, 3.63) is 29.3 Å². The third-order valence-electron chi connectivity index (χ3n) is 4.61. The van der Waals surface area contributed by atoms with Crippen LogP contribution in [0.1, 0.15) is 13.3 Å². The molecule has 0 saturated carbocycles. The Morgan fingerprint density at radius 1 is 1.25 bits per heavy atom. The number of hydrogen-bond acceptors (Lipinski definition) is 3. The second kappa shape index (κ2) is 5.92. The number of anilines is 1. The van der Waals surface area contributed by atoms with Gasteiger partial charge in [-0.1, -0.05) is 24.6 Å². The molecular formula is C16H24ClN3. The molecule has 2 fully saturated rings. The third-order valence-corrected chi connectivity index (χ3v) is 4.84. The fraction of sp³-hybridized carbons (Fsp3) is 0.625. The molecule has 4 heteroatoms. The van der Waals surface area contributed by atoms with Crippen LogP contribution in [0.4, 0.5) is 5.69 Å². The van der Waals surface area contributed by atoms with Gasteiger partial charge in [0.2, 0.25) is 0 Å². The van der Waals surface area contributed by atoms with Gasteiger partial charge in [0.25, 0.3) is 0 Å². The van der Waals surface area contributed by atoms with Crippen molar-refractivity contribution >= 4 is 17.3 Å². The van der Waals surface area contributed by atoms with Gasteiger partial charge in [0.15, 0.2) is 0 Å². The minimum absolute atomic E-state index is 0.470. The molecule has 0 amide bonds. The van der Waals surface area contributed by atoms with E-state index < -0.39 is 0 Å². The Morgan fingerprint density at radius 3 is 2.70 bits per heavy atom. The average molecular weight is 294 g/mol. The van der Waals surface area contributed by atoms with Crippen LogP contribution in [0.15, 0.2) is 24.3 Å². The van der Waals surface area contributed by atoms with Crippen molar-refractivity contribution in [3.8, 4) is 0 Å². The van der Waals surface area contributed by atoms with Crippen molar-refractivity contribution in [2.75, 3.05) is 50.7 Å². The first-order chi connectivity index (χ1) is 9.65. The lowest BCUT2D eigenvalue weighted by molar-refractivity contribution is 0.169. The molecule has 3 nitrogen and oxygen atoms in total. The minimum atomic E-state index is 0.470. The molecule has 1 aromatic carbocycles. The van der Waals surface area contributed by atoms with Crippen molar-refractivity contribution < 1.29 is 0 Å². The minimum Gasteiger partial charge on any atom is -0.369 e. The maximum Gasteiger partial charge on any atom is 0.0426 e. The van der Waals surface area contributed by atoms with E-state index in [2.05, 4.69) is 34.2 Å². The molecule has 0 radical (unpaired) electrons. The highest BCUT2D eigenvalue weighted by Crippen LogP contribution is 2.27. The number of nitrogens with one attached hydrogen (secondary N) is 1. The van der Waals surface area contributed by atoms with Crippen molar-refractivity contribution in [1.29, 1.82) is 0 Å². The summed E-state index contributed by atoms with van der Waals surface area (Å²) in [6.45, 7) is 10.5. The average Bonchev–Trinajstić information content (AvgIpc) is 2.86. The highest BCUT2D eigenvalue weighted by Gasteiger charge is 2.31. The van der Waals surface area contributed by atoms with Crippen LogP contribution in [0.3, 0.4) is 0 Å². The van der Waals surface area contributed by atoms with Crippen molar-refractivity contribution in [3.63, 3.8) is 0 Å².